The summed E-state index contributed by atoms with van der Waals surface area (Å²) in [5.41, 5.74) is 6.46. The minimum atomic E-state index is 1.25. The van der Waals surface area contributed by atoms with E-state index in [0.29, 0.717) is 0 Å². The predicted octanol–water partition coefficient (Wildman–Crippen LogP) is 8.42. The highest BCUT2D eigenvalue weighted by molar-refractivity contribution is 7.40. The highest BCUT2D eigenvalue weighted by Crippen LogP contribution is 2.49. The highest BCUT2D eigenvalue weighted by atomic mass is 31.0. The summed E-state index contributed by atoms with van der Waals surface area (Å²) in [6, 6.07) is 41.2. The molecular weight excluding hydrogens is 355 g/mol. The summed E-state index contributed by atoms with van der Waals surface area (Å²) in [7, 11) is 1.25. The molecule has 0 unspecified atom stereocenters. The van der Waals surface area contributed by atoms with Crippen LogP contribution in [0.25, 0.3) is 43.6 Å². The monoisotopic (exact) mass is 374 g/mol. The number of fused-ring (bicyclic) bond motifs is 1. The molecule has 1 heteroatoms. The summed E-state index contributed by atoms with van der Waals surface area (Å²) in [5.74, 6) is 0. The zero-order chi connectivity index (χ0) is 18.8. The normalized spacial score (nSPS) is 11.1. The minimum absolute atomic E-state index is 1.25. The molecule has 4 aromatic carbocycles. The Morgan fingerprint density at radius 3 is 1.46 bits per heavy atom. The molecule has 5 rings (SSSR count). The van der Waals surface area contributed by atoms with E-state index in [1.165, 1.54) is 51.8 Å². The number of hydrogen-bond acceptors (Lipinski definition) is 0. The second-order valence-electron chi connectivity index (χ2n) is 6.83. The number of hydrogen-bond donors (Lipinski definition) is 0. The Bertz CT molecular complexity index is 1230. The van der Waals surface area contributed by atoms with E-state index in [0.717, 1.165) is 0 Å². The lowest BCUT2D eigenvalue weighted by Gasteiger charge is -2.19. The summed E-state index contributed by atoms with van der Waals surface area (Å²) in [5, 5.41) is 4.05. The van der Waals surface area contributed by atoms with Gasteiger partial charge in [-0.15, -0.1) is 0 Å². The summed E-state index contributed by atoms with van der Waals surface area (Å²) >= 11 is 0. The first-order valence-electron chi connectivity index (χ1n) is 9.51. The van der Waals surface area contributed by atoms with Gasteiger partial charge >= 0.3 is 0 Å². The van der Waals surface area contributed by atoms with Gasteiger partial charge in [-0.1, -0.05) is 117 Å². The van der Waals surface area contributed by atoms with E-state index in [9.17, 15) is 0 Å². The van der Waals surface area contributed by atoms with Crippen molar-refractivity contribution in [2.24, 2.45) is 0 Å². The van der Waals surface area contributed by atoms with Gasteiger partial charge < -0.3 is 0 Å². The van der Waals surface area contributed by atoms with E-state index in [-0.39, 0.29) is 0 Å². The van der Waals surface area contributed by atoms with Gasteiger partial charge in [0, 0.05) is 16.0 Å². The van der Waals surface area contributed by atoms with E-state index in [2.05, 4.69) is 115 Å². The fourth-order valence-corrected chi connectivity index (χ4v) is 5.15. The van der Waals surface area contributed by atoms with E-state index >= 15 is 0 Å². The summed E-state index contributed by atoms with van der Waals surface area (Å²) < 4.78 is 0. The SMILES string of the molecule is c1ccc(-c2pc3ccccc3c(-c3ccccc3)c2-c2ccccc2)cc1. The van der Waals surface area contributed by atoms with Crippen LogP contribution in [0.5, 0.6) is 0 Å². The Morgan fingerprint density at radius 2 is 0.857 bits per heavy atom. The third-order valence-electron chi connectivity index (χ3n) is 5.06. The second kappa shape index (κ2) is 7.43. The van der Waals surface area contributed by atoms with Crippen LogP contribution in [0.2, 0.25) is 0 Å². The lowest BCUT2D eigenvalue weighted by atomic mass is 9.91. The van der Waals surface area contributed by atoms with E-state index < -0.39 is 0 Å². The van der Waals surface area contributed by atoms with Crippen molar-refractivity contribution in [3.8, 4) is 33.1 Å². The molecule has 0 amide bonds. The largest absolute Gasteiger partial charge is 0.0622 e. The van der Waals surface area contributed by atoms with Crippen LogP contribution in [-0.2, 0) is 0 Å². The Balaban J connectivity index is 1.97. The van der Waals surface area contributed by atoms with Gasteiger partial charge in [-0.25, -0.2) is 0 Å². The quantitative estimate of drug-likeness (QED) is 0.297. The van der Waals surface area contributed by atoms with Gasteiger partial charge in [-0.3, -0.25) is 0 Å². The standard InChI is InChI=1S/C27H19P/c1-4-12-20(13-5-1)25-23-18-10-11-19-24(23)28-27(22-16-8-3-9-17-22)26(25)21-14-6-2-7-15-21/h1-19H. The Morgan fingerprint density at radius 1 is 0.393 bits per heavy atom. The molecule has 0 aliphatic carbocycles. The molecule has 0 N–H and O–H groups in total. The highest BCUT2D eigenvalue weighted by Gasteiger charge is 2.18. The van der Waals surface area contributed by atoms with Crippen molar-refractivity contribution in [1.82, 2.24) is 0 Å². The first-order chi connectivity index (χ1) is 13.9. The van der Waals surface area contributed by atoms with Crippen LogP contribution < -0.4 is 0 Å². The van der Waals surface area contributed by atoms with Crippen molar-refractivity contribution in [3.05, 3.63) is 115 Å². The van der Waals surface area contributed by atoms with Gasteiger partial charge in [0.1, 0.15) is 0 Å². The van der Waals surface area contributed by atoms with Gasteiger partial charge in [-0.05, 0) is 33.7 Å². The molecule has 1 aromatic heterocycles. The van der Waals surface area contributed by atoms with E-state index in [1.54, 1.807) is 0 Å². The predicted molar refractivity (Wildman–Crippen MR) is 123 cm³/mol. The molecular formula is C27H19P. The molecule has 0 saturated heterocycles. The molecule has 0 aliphatic heterocycles. The van der Waals surface area contributed by atoms with Gasteiger partial charge in [-0.2, -0.15) is 0 Å². The molecule has 0 bridgehead atoms. The minimum Gasteiger partial charge on any atom is -0.0622 e. The van der Waals surface area contributed by atoms with Crippen LogP contribution in [0.15, 0.2) is 115 Å². The third-order valence-corrected chi connectivity index (χ3v) is 6.40. The van der Waals surface area contributed by atoms with Crippen LogP contribution in [-0.4, -0.2) is 0 Å². The van der Waals surface area contributed by atoms with E-state index in [1.807, 2.05) is 0 Å². The number of benzene rings is 4. The Hall–Kier alpha value is -3.21. The van der Waals surface area contributed by atoms with Crippen molar-refractivity contribution < 1.29 is 0 Å². The van der Waals surface area contributed by atoms with Crippen molar-refractivity contribution in [3.63, 3.8) is 0 Å². The molecule has 0 spiro atoms. The van der Waals surface area contributed by atoms with Crippen LogP contribution in [0.4, 0.5) is 0 Å². The molecule has 0 fully saturated rings. The smallest absolute Gasteiger partial charge is 0.0181 e. The maximum atomic E-state index is 2.26. The molecule has 0 saturated carbocycles. The summed E-state index contributed by atoms with van der Waals surface area (Å²) in [4.78, 5) is 0. The molecule has 0 aliphatic rings. The topological polar surface area (TPSA) is 0 Å². The first kappa shape index (κ1) is 16.9. The maximum Gasteiger partial charge on any atom is 0.0181 e. The van der Waals surface area contributed by atoms with Crippen molar-refractivity contribution in [2.45, 2.75) is 0 Å². The fraction of sp³-hybridized carbons (Fsp3) is 0. The molecule has 0 radical (unpaired) electrons. The fourth-order valence-electron chi connectivity index (χ4n) is 3.81. The van der Waals surface area contributed by atoms with Crippen molar-refractivity contribution >= 4 is 18.7 Å². The zero-order valence-corrected chi connectivity index (χ0v) is 16.3. The lowest BCUT2D eigenvalue weighted by Crippen LogP contribution is -1.90. The summed E-state index contributed by atoms with van der Waals surface area (Å²) in [6.45, 7) is 0. The lowest BCUT2D eigenvalue weighted by molar-refractivity contribution is 1.61. The zero-order valence-electron chi connectivity index (χ0n) is 15.4. The molecule has 1 heterocycles. The average Bonchev–Trinajstić information content (AvgIpc) is 2.79. The molecule has 0 nitrogen and oxygen atoms in total. The molecule has 5 aromatic rings. The van der Waals surface area contributed by atoms with Crippen LogP contribution in [0.1, 0.15) is 0 Å². The van der Waals surface area contributed by atoms with Gasteiger partial charge in [0.15, 0.2) is 0 Å². The molecule has 28 heavy (non-hydrogen) atoms. The summed E-state index contributed by atoms with van der Waals surface area (Å²) in [6.07, 6.45) is 0. The third kappa shape index (κ3) is 3.03. The Kier molecular flexibility index (Phi) is 4.49. The molecule has 132 valence electrons. The van der Waals surface area contributed by atoms with Crippen molar-refractivity contribution in [2.75, 3.05) is 0 Å². The second-order valence-corrected chi connectivity index (χ2v) is 7.98. The van der Waals surface area contributed by atoms with Gasteiger partial charge in [0.2, 0.25) is 0 Å². The van der Waals surface area contributed by atoms with Gasteiger partial charge in [0.25, 0.3) is 0 Å². The number of rotatable bonds is 3. The maximum absolute atomic E-state index is 2.26. The van der Waals surface area contributed by atoms with E-state index in [4.69, 9.17) is 0 Å². The van der Waals surface area contributed by atoms with Crippen LogP contribution >= 0.6 is 8.19 Å². The van der Waals surface area contributed by atoms with Crippen LogP contribution in [0.3, 0.4) is 0 Å². The average molecular weight is 374 g/mol. The van der Waals surface area contributed by atoms with Crippen molar-refractivity contribution in [1.29, 1.82) is 0 Å². The Labute approximate surface area is 167 Å². The van der Waals surface area contributed by atoms with Gasteiger partial charge in [0.05, 0.1) is 0 Å². The molecule has 0 atom stereocenters. The van der Waals surface area contributed by atoms with Crippen LogP contribution in [0, 0.1) is 0 Å². The first-order valence-corrected chi connectivity index (χ1v) is 10.4.